The molecule has 0 spiro atoms. The van der Waals surface area contributed by atoms with Crippen LogP contribution in [0.4, 0.5) is 0 Å². The van der Waals surface area contributed by atoms with Crippen LogP contribution < -0.4 is 9.47 Å². The van der Waals surface area contributed by atoms with Crippen LogP contribution >= 0.6 is 11.3 Å². The highest BCUT2D eigenvalue weighted by Crippen LogP contribution is 2.27. The summed E-state index contributed by atoms with van der Waals surface area (Å²) in [4.78, 5) is 15.5. The number of carbonyl (C=O) groups excluding carboxylic acids is 1. The van der Waals surface area contributed by atoms with Gasteiger partial charge in [0.15, 0.2) is 0 Å². The van der Waals surface area contributed by atoms with Gasteiger partial charge >= 0.3 is 0 Å². The predicted molar refractivity (Wildman–Crippen MR) is 84.4 cm³/mol. The Kier molecular flexibility index (Phi) is 4.85. The molecule has 1 atom stereocenters. The Balaban J connectivity index is 2.26. The van der Waals surface area contributed by atoms with Gasteiger partial charge in [-0.1, -0.05) is 6.07 Å². The molecule has 5 heteroatoms. The number of amides is 1. The quantitative estimate of drug-likeness (QED) is 0.847. The van der Waals surface area contributed by atoms with E-state index in [2.05, 4.69) is 0 Å². The van der Waals surface area contributed by atoms with Gasteiger partial charge in [-0.3, -0.25) is 4.79 Å². The topological polar surface area (TPSA) is 38.8 Å². The number of carbonyl (C=O) groups is 1. The van der Waals surface area contributed by atoms with Gasteiger partial charge < -0.3 is 14.4 Å². The molecule has 112 valence electrons. The fourth-order valence-electron chi connectivity index (χ4n) is 2.03. The van der Waals surface area contributed by atoms with E-state index in [9.17, 15) is 4.79 Å². The Morgan fingerprint density at radius 3 is 2.29 bits per heavy atom. The monoisotopic (exact) mass is 305 g/mol. The minimum atomic E-state index is -0.0619. The molecule has 0 aliphatic carbocycles. The van der Waals surface area contributed by atoms with Gasteiger partial charge in [-0.25, -0.2) is 0 Å². The number of methoxy groups -OCH3 is 2. The summed E-state index contributed by atoms with van der Waals surface area (Å²) in [6.45, 7) is 2.02. The average molecular weight is 305 g/mol. The van der Waals surface area contributed by atoms with E-state index >= 15 is 0 Å². The second kappa shape index (κ2) is 6.63. The molecule has 0 bridgehead atoms. The molecule has 0 saturated heterocycles. The van der Waals surface area contributed by atoms with E-state index in [-0.39, 0.29) is 11.9 Å². The maximum atomic E-state index is 12.6. The Morgan fingerprint density at radius 2 is 1.81 bits per heavy atom. The smallest absolute Gasteiger partial charge is 0.254 e. The van der Waals surface area contributed by atoms with Gasteiger partial charge in [0.25, 0.3) is 5.91 Å². The van der Waals surface area contributed by atoms with E-state index in [1.165, 1.54) is 0 Å². The van der Waals surface area contributed by atoms with Crippen molar-refractivity contribution in [3.05, 3.63) is 46.2 Å². The summed E-state index contributed by atoms with van der Waals surface area (Å²) in [6.07, 6.45) is 0. The van der Waals surface area contributed by atoms with Crippen LogP contribution in [0.25, 0.3) is 0 Å². The summed E-state index contributed by atoms with van der Waals surface area (Å²) in [7, 11) is 4.95. The van der Waals surface area contributed by atoms with Gasteiger partial charge in [-0.2, -0.15) is 0 Å². The van der Waals surface area contributed by atoms with Crippen LogP contribution in [0.15, 0.2) is 35.7 Å². The van der Waals surface area contributed by atoms with Crippen molar-refractivity contribution in [2.24, 2.45) is 0 Å². The summed E-state index contributed by atoms with van der Waals surface area (Å²) < 4.78 is 10.4. The van der Waals surface area contributed by atoms with E-state index < -0.39 is 0 Å². The lowest BCUT2D eigenvalue weighted by Gasteiger charge is -2.24. The standard InChI is InChI=1S/C16H19NO3S/c1-11(15-6-5-7-21-15)17(2)16(18)12-8-13(19-3)10-14(9-12)20-4/h5-11H,1-4H3. The fourth-order valence-corrected chi connectivity index (χ4v) is 2.86. The molecule has 0 fully saturated rings. The normalized spacial score (nSPS) is 11.8. The van der Waals surface area contributed by atoms with Crippen LogP contribution in [-0.4, -0.2) is 32.1 Å². The molecular formula is C16H19NO3S. The first-order chi connectivity index (χ1) is 10.1. The third-order valence-corrected chi connectivity index (χ3v) is 4.50. The SMILES string of the molecule is COc1cc(OC)cc(C(=O)N(C)C(C)c2cccs2)c1. The molecule has 1 heterocycles. The molecule has 0 N–H and O–H groups in total. The molecule has 1 unspecified atom stereocenters. The molecule has 1 aromatic heterocycles. The van der Waals surface area contributed by atoms with E-state index in [0.717, 1.165) is 4.88 Å². The molecule has 2 rings (SSSR count). The van der Waals surface area contributed by atoms with Gasteiger partial charge in [0, 0.05) is 23.6 Å². The Morgan fingerprint density at radius 1 is 1.19 bits per heavy atom. The van der Waals surface area contributed by atoms with E-state index in [1.807, 2.05) is 24.4 Å². The van der Waals surface area contributed by atoms with E-state index in [4.69, 9.17) is 9.47 Å². The highest BCUT2D eigenvalue weighted by molar-refractivity contribution is 7.10. The van der Waals surface area contributed by atoms with Crippen molar-refractivity contribution in [1.29, 1.82) is 0 Å². The molecule has 0 radical (unpaired) electrons. The third-order valence-electron chi connectivity index (χ3n) is 3.45. The van der Waals surface area contributed by atoms with E-state index in [1.54, 1.807) is 55.7 Å². The van der Waals surface area contributed by atoms with Gasteiger partial charge in [0.05, 0.1) is 20.3 Å². The van der Waals surface area contributed by atoms with Crippen LogP contribution in [0.3, 0.4) is 0 Å². The second-order valence-corrected chi connectivity index (χ2v) is 5.69. The first-order valence-corrected chi connectivity index (χ1v) is 7.48. The number of rotatable bonds is 5. The average Bonchev–Trinajstić information content (AvgIpc) is 3.06. The van der Waals surface area contributed by atoms with Crippen LogP contribution in [0.1, 0.15) is 28.2 Å². The van der Waals surface area contributed by atoms with Crippen molar-refractivity contribution in [3.63, 3.8) is 0 Å². The second-order valence-electron chi connectivity index (χ2n) is 4.71. The van der Waals surface area contributed by atoms with Crippen LogP contribution in [0.5, 0.6) is 11.5 Å². The molecule has 0 saturated carbocycles. The maximum Gasteiger partial charge on any atom is 0.254 e. The zero-order valence-electron chi connectivity index (χ0n) is 12.6. The number of benzene rings is 1. The van der Waals surface area contributed by atoms with Crippen LogP contribution in [0, 0.1) is 0 Å². The summed E-state index contributed by atoms with van der Waals surface area (Å²) in [6, 6.07) is 9.24. The van der Waals surface area contributed by atoms with Gasteiger partial charge in [-0.15, -0.1) is 11.3 Å². The number of nitrogens with zero attached hydrogens (tertiary/aromatic N) is 1. The molecule has 2 aromatic rings. The number of thiophene rings is 1. The molecule has 21 heavy (non-hydrogen) atoms. The third kappa shape index (κ3) is 3.36. The lowest BCUT2D eigenvalue weighted by molar-refractivity contribution is 0.0744. The zero-order chi connectivity index (χ0) is 15.4. The van der Waals surface area contributed by atoms with Crippen molar-refractivity contribution in [2.75, 3.05) is 21.3 Å². The molecular weight excluding hydrogens is 286 g/mol. The van der Waals surface area contributed by atoms with Gasteiger partial charge in [0.1, 0.15) is 11.5 Å². The molecule has 1 amide bonds. The zero-order valence-corrected chi connectivity index (χ0v) is 13.4. The lowest BCUT2D eigenvalue weighted by atomic mass is 10.1. The molecule has 0 aliphatic heterocycles. The number of ether oxygens (including phenoxy) is 2. The summed E-state index contributed by atoms with van der Waals surface area (Å²) in [5.74, 6) is 1.15. The van der Waals surface area contributed by atoms with E-state index in [0.29, 0.717) is 17.1 Å². The van der Waals surface area contributed by atoms with Crippen LogP contribution in [0.2, 0.25) is 0 Å². The minimum absolute atomic E-state index is 0.0229. The van der Waals surface area contributed by atoms with Gasteiger partial charge in [0.2, 0.25) is 0 Å². The maximum absolute atomic E-state index is 12.6. The van der Waals surface area contributed by atoms with Crippen LogP contribution in [-0.2, 0) is 0 Å². The first kappa shape index (κ1) is 15.4. The highest BCUT2D eigenvalue weighted by atomic mass is 32.1. The Bertz CT molecular complexity index is 588. The number of hydrogen-bond acceptors (Lipinski definition) is 4. The van der Waals surface area contributed by atoms with Crippen molar-refractivity contribution < 1.29 is 14.3 Å². The lowest BCUT2D eigenvalue weighted by Crippen LogP contribution is -2.29. The Labute approximate surface area is 128 Å². The fraction of sp³-hybridized carbons (Fsp3) is 0.312. The first-order valence-electron chi connectivity index (χ1n) is 6.60. The summed E-state index contributed by atoms with van der Waals surface area (Å²) >= 11 is 1.64. The Hall–Kier alpha value is -2.01. The largest absolute Gasteiger partial charge is 0.497 e. The minimum Gasteiger partial charge on any atom is -0.497 e. The highest BCUT2D eigenvalue weighted by Gasteiger charge is 2.20. The summed E-state index contributed by atoms with van der Waals surface area (Å²) in [5.41, 5.74) is 0.553. The van der Waals surface area contributed by atoms with Crippen molar-refractivity contribution in [3.8, 4) is 11.5 Å². The van der Waals surface area contributed by atoms with Crippen molar-refractivity contribution >= 4 is 17.2 Å². The van der Waals surface area contributed by atoms with Crippen molar-refractivity contribution in [1.82, 2.24) is 4.90 Å². The molecule has 1 aromatic carbocycles. The number of hydrogen-bond donors (Lipinski definition) is 0. The molecule has 4 nitrogen and oxygen atoms in total. The molecule has 0 aliphatic rings. The van der Waals surface area contributed by atoms with Crippen molar-refractivity contribution in [2.45, 2.75) is 13.0 Å². The predicted octanol–water partition coefficient (Wildman–Crippen LogP) is 3.60. The summed E-state index contributed by atoms with van der Waals surface area (Å²) in [5, 5.41) is 2.01. The van der Waals surface area contributed by atoms with Gasteiger partial charge in [-0.05, 0) is 30.5 Å².